The molecular weight excluding hydrogens is 332 g/mol. The van der Waals surface area contributed by atoms with E-state index < -0.39 is 18.0 Å². The smallest absolute Gasteiger partial charge is 0.346 e. The zero-order chi connectivity index (χ0) is 11.6. The molecule has 0 amide bonds. The van der Waals surface area contributed by atoms with Crippen molar-refractivity contribution in [3.05, 3.63) is 21.1 Å². The van der Waals surface area contributed by atoms with E-state index in [9.17, 15) is 9.59 Å². The summed E-state index contributed by atoms with van der Waals surface area (Å²) in [6.45, 7) is 3.55. The molecule has 0 bridgehead atoms. The Morgan fingerprint density at radius 3 is 2.60 bits per heavy atom. The third kappa shape index (κ3) is 2.69. The first-order chi connectivity index (χ1) is 6.97. The van der Waals surface area contributed by atoms with Crippen LogP contribution in [-0.2, 0) is 19.1 Å². The monoisotopic (exact) mass is 338 g/mol. The lowest BCUT2D eigenvalue weighted by Gasteiger charge is -2.10. The maximum atomic E-state index is 11.1. The topological polar surface area (TPSA) is 52.6 Å². The van der Waals surface area contributed by atoms with Gasteiger partial charge in [-0.3, -0.25) is 0 Å². The highest BCUT2D eigenvalue weighted by Gasteiger charge is 2.32. The minimum atomic E-state index is -0.505. The molecule has 0 spiro atoms. The van der Waals surface area contributed by atoms with Crippen molar-refractivity contribution in [2.75, 3.05) is 7.11 Å². The molecule has 1 rings (SSSR count). The van der Waals surface area contributed by atoms with Crippen LogP contribution in [0.4, 0.5) is 0 Å². The van der Waals surface area contributed by atoms with Gasteiger partial charge in [0.2, 0.25) is 0 Å². The molecule has 0 N–H and O–H groups in total. The molecule has 1 aliphatic rings. The van der Waals surface area contributed by atoms with Gasteiger partial charge in [-0.25, -0.2) is 9.59 Å². The quantitative estimate of drug-likeness (QED) is 0.583. The van der Waals surface area contributed by atoms with Crippen LogP contribution in [0.15, 0.2) is 21.1 Å². The number of hydrogen-bond acceptors (Lipinski definition) is 4. The molecule has 0 aromatic heterocycles. The van der Waals surface area contributed by atoms with Crippen molar-refractivity contribution in [3.8, 4) is 0 Å². The minimum absolute atomic E-state index is 0.216. The summed E-state index contributed by atoms with van der Waals surface area (Å²) in [4.78, 5) is 22.2. The van der Waals surface area contributed by atoms with Crippen LogP contribution in [0, 0.1) is 0 Å². The van der Waals surface area contributed by atoms with Crippen molar-refractivity contribution in [1.29, 1.82) is 0 Å². The van der Waals surface area contributed by atoms with E-state index in [1.165, 1.54) is 7.11 Å². The van der Waals surface area contributed by atoms with E-state index in [1.807, 2.05) is 0 Å². The van der Waals surface area contributed by atoms with Gasteiger partial charge < -0.3 is 9.47 Å². The summed E-state index contributed by atoms with van der Waals surface area (Å²) in [6.07, 6.45) is -0.285. The molecule has 15 heavy (non-hydrogen) atoms. The summed E-state index contributed by atoms with van der Waals surface area (Å²) < 4.78 is 10.4. The molecule has 0 saturated heterocycles. The number of methoxy groups -OCH3 is 1. The van der Waals surface area contributed by atoms with Gasteiger partial charge in [0.05, 0.1) is 11.6 Å². The summed E-state index contributed by atoms with van der Waals surface area (Å²) in [5.74, 6) is -0.959. The largest absolute Gasteiger partial charge is 0.466 e. The van der Waals surface area contributed by atoms with E-state index >= 15 is 0 Å². The number of carbonyl (C=O) groups excluding carboxylic acids is 2. The van der Waals surface area contributed by atoms with Gasteiger partial charge in [0.25, 0.3) is 0 Å². The fraction of sp³-hybridized carbons (Fsp3) is 0.333. The third-order valence-electron chi connectivity index (χ3n) is 1.83. The number of carbonyl (C=O) groups is 2. The fourth-order valence-electron chi connectivity index (χ4n) is 1.05. The average molecular weight is 340 g/mol. The number of hydrogen-bond donors (Lipinski definition) is 0. The van der Waals surface area contributed by atoms with Gasteiger partial charge in [0.15, 0.2) is 0 Å². The molecule has 6 heteroatoms. The minimum Gasteiger partial charge on any atom is -0.466 e. The molecule has 1 atom stereocenters. The van der Waals surface area contributed by atoms with Crippen LogP contribution in [0.2, 0.25) is 0 Å². The molecule has 1 unspecified atom stereocenters. The molecule has 82 valence electrons. The zero-order valence-electron chi connectivity index (χ0n) is 7.88. The predicted octanol–water partition coefficient (Wildman–Crippen LogP) is 2.03. The van der Waals surface area contributed by atoms with Crippen LogP contribution in [0.3, 0.4) is 0 Å². The first-order valence-electron chi connectivity index (χ1n) is 3.99. The Labute approximate surface area is 104 Å². The maximum Gasteiger partial charge on any atom is 0.346 e. The molecule has 0 fully saturated rings. The zero-order valence-corrected chi connectivity index (χ0v) is 11.1. The van der Waals surface area contributed by atoms with Crippen molar-refractivity contribution in [1.82, 2.24) is 0 Å². The van der Waals surface area contributed by atoms with Crippen molar-refractivity contribution in [2.24, 2.45) is 0 Å². The molecule has 0 aromatic rings. The van der Waals surface area contributed by atoms with E-state index in [1.54, 1.807) is 0 Å². The van der Waals surface area contributed by atoms with Gasteiger partial charge in [-0.1, -0.05) is 22.5 Å². The highest BCUT2D eigenvalue weighted by atomic mass is 79.9. The van der Waals surface area contributed by atoms with Crippen molar-refractivity contribution in [2.45, 2.75) is 12.5 Å². The Morgan fingerprint density at radius 2 is 2.20 bits per heavy atom. The van der Waals surface area contributed by atoms with Crippen LogP contribution in [-0.4, -0.2) is 25.2 Å². The van der Waals surface area contributed by atoms with Crippen molar-refractivity contribution in [3.63, 3.8) is 0 Å². The van der Waals surface area contributed by atoms with Gasteiger partial charge in [-0.2, -0.15) is 0 Å². The van der Waals surface area contributed by atoms with E-state index in [-0.39, 0.29) is 12.0 Å². The first kappa shape index (κ1) is 12.4. The maximum absolute atomic E-state index is 11.1. The number of rotatable bonds is 3. The molecular formula is C9H8Br2O4. The second kappa shape index (κ2) is 4.94. The van der Waals surface area contributed by atoms with E-state index in [2.05, 4.69) is 43.2 Å². The average Bonchev–Trinajstić information content (AvgIpc) is 2.45. The third-order valence-corrected chi connectivity index (χ3v) is 4.02. The predicted molar refractivity (Wildman–Crippen MR) is 60.5 cm³/mol. The van der Waals surface area contributed by atoms with Crippen molar-refractivity contribution < 1.29 is 19.1 Å². The first-order valence-corrected chi connectivity index (χ1v) is 5.58. The molecule has 0 aliphatic carbocycles. The van der Waals surface area contributed by atoms with Crippen LogP contribution >= 0.6 is 31.9 Å². The summed E-state index contributed by atoms with van der Waals surface area (Å²) in [7, 11) is 1.27. The Morgan fingerprint density at radius 1 is 1.60 bits per heavy atom. The summed E-state index contributed by atoms with van der Waals surface area (Å²) in [5.41, 5.74) is 0.259. The standard InChI is InChI=1S/C9H8Br2O4/c1-4(8(12)14-2)3-5-6(10)7(11)9(13)15-5/h5H,1,3H2,2H3. The molecule has 1 aliphatic heterocycles. The number of ether oxygens (including phenoxy) is 2. The van der Waals surface area contributed by atoms with E-state index in [0.717, 1.165) is 0 Å². The second-order valence-electron chi connectivity index (χ2n) is 2.86. The van der Waals surface area contributed by atoms with Gasteiger partial charge in [-0.15, -0.1) is 0 Å². The van der Waals surface area contributed by atoms with Gasteiger partial charge >= 0.3 is 11.9 Å². The second-order valence-corrected chi connectivity index (χ2v) is 4.50. The summed E-state index contributed by atoms with van der Waals surface area (Å²) >= 11 is 6.27. The highest BCUT2D eigenvalue weighted by Crippen LogP contribution is 2.34. The number of esters is 2. The Kier molecular flexibility index (Phi) is 4.10. The molecule has 0 aromatic carbocycles. The normalized spacial score (nSPS) is 20.2. The lowest BCUT2D eigenvalue weighted by molar-refractivity contribution is -0.141. The Balaban J connectivity index is 2.67. The fourth-order valence-corrected chi connectivity index (χ4v) is 1.82. The summed E-state index contributed by atoms with van der Waals surface area (Å²) in [6, 6.07) is 0. The van der Waals surface area contributed by atoms with Gasteiger partial charge in [0.1, 0.15) is 10.6 Å². The van der Waals surface area contributed by atoms with E-state index in [0.29, 0.717) is 8.96 Å². The molecule has 4 nitrogen and oxygen atoms in total. The van der Waals surface area contributed by atoms with Gasteiger partial charge in [-0.05, 0) is 15.9 Å². The molecule has 1 heterocycles. The van der Waals surface area contributed by atoms with E-state index in [4.69, 9.17) is 4.74 Å². The number of halogens is 2. The van der Waals surface area contributed by atoms with Crippen LogP contribution in [0.1, 0.15) is 6.42 Å². The Hall–Kier alpha value is -0.620. The molecule has 0 radical (unpaired) electrons. The van der Waals surface area contributed by atoms with Crippen LogP contribution < -0.4 is 0 Å². The Bertz CT molecular complexity index is 359. The van der Waals surface area contributed by atoms with Crippen molar-refractivity contribution >= 4 is 43.8 Å². The van der Waals surface area contributed by atoms with Crippen LogP contribution in [0.25, 0.3) is 0 Å². The van der Waals surface area contributed by atoms with Gasteiger partial charge in [0, 0.05) is 12.0 Å². The van der Waals surface area contributed by atoms with Crippen LogP contribution in [0.5, 0.6) is 0 Å². The lowest BCUT2D eigenvalue weighted by Crippen LogP contribution is -2.14. The SMILES string of the molecule is C=C(CC1OC(=O)C(Br)=C1Br)C(=O)OC. The molecule has 0 saturated carbocycles. The summed E-state index contributed by atoms with van der Waals surface area (Å²) in [5, 5.41) is 0. The number of cyclic esters (lactones) is 1. The highest BCUT2D eigenvalue weighted by molar-refractivity contribution is 9.14. The lowest BCUT2D eigenvalue weighted by atomic mass is 10.1.